The predicted octanol–water partition coefficient (Wildman–Crippen LogP) is 0.929. The Hall–Kier alpha value is -0.610. The summed E-state index contributed by atoms with van der Waals surface area (Å²) in [6.45, 7) is 7.40. The number of nitrogens with one attached hydrogen (secondary N) is 1. The van der Waals surface area contributed by atoms with Gasteiger partial charge in [0.25, 0.3) is 0 Å². The molecule has 2 fully saturated rings. The lowest BCUT2D eigenvalue weighted by molar-refractivity contribution is -0.130. The van der Waals surface area contributed by atoms with Crippen molar-refractivity contribution in [3.05, 3.63) is 0 Å². The second-order valence-electron chi connectivity index (χ2n) is 5.83. The van der Waals surface area contributed by atoms with Crippen LogP contribution in [0.1, 0.15) is 32.6 Å². The molecule has 0 bridgehead atoms. The van der Waals surface area contributed by atoms with Crippen LogP contribution in [-0.2, 0) is 4.79 Å². The SMILES string of the molecule is CCCNC1CCN(CC2CCN(C)CC2)C1=O. The van der Waals surface area contributed by atoms with E-state index in [0.29, 0.717) is 5.91 Å². The van der Waals surface area contributed by atoms with Gasteiger partial charge in [0.05, 0.1) is 6.04 Å². The zero-order valence-corrected chi connectivity index (χ0v) is 11.8. The lowest BCUT2D eigenvalue weighted by atomic mass is 9.97. The maximum atomic E-state index is 12.2. The van der Waals surface area contributed by atoms with Crippen molar-refractivity contribution >= 4 is 5.91 Å². The number of likely N-dealkylation sites (tertiary alicyclic amines) is 2. The highest BCUT2D eigenvalue weighted by Gasteiger charge is 2.32. The van der Waals surface area contributed by atoms with E-state index in [1.54, 1.807) is 0 Å². The first kappa shape index (κ1) is 13.8. The fourth-order valence-corrected chi connectivity index (χ4v) is 2.98. The van der Waals surface area contributed by atoms with E-state index >= 15 is 0 Å². The molecule has 0 saturated carbocycles. The smallest absolute Gasteiger partial charge is 0.239 e. The number of amides is 1. The van der Waals surface area contributed by atoms with Crippen LogP contribution in [-0.4, -0.2) is 61.5 Å². The van der Waals surface area contributed by atoms with Crippen molar-refractivity contribution in [2.24, 2.45) is 5.92 Å². The summed E-state index contributed by atoms with van der Waals surface area (Å²) >= 11 is 0. The largest absolute Gasteiger partial charge is 0.341 e. The van der Waals surface area contributed by atoms with Gasteiger partial charge in [-0.05, 0) is 58.3 Å². The number of hydrogen-bond acceptors (Lipinski definition) is 3. The Morgan fingerprint density at radius 3 is 2.61 bits per heavy atom. The molecule has 2 saturated heterocycles. The quantitative estimate of drug-likeness (QED) is 0.792. The van der Waals surface area contributed by atoms with Crippen molar-refractivity contribution in [2.45, 2.75) is 38.6 Å². The Kier molecular flexibility index (Phi) is 5.01. The maximum Gasteiger partial charge on any atom is 0.239 e. The van der Waals surface area contributed by atoms with Gasteiger partial charge in [0.2, 0.25) is 5.91 Å². The molecule has 1 atom stereocenters. The van der Waals surface area contributed by atoms with Gasteiger partial charge in [-0.1, -0.05) is 6.92 Å². The van der Waals surface area contributed by atoms with Crippen LogP contribution in [0.5, 0.6) is 0 Å². The summed E-state index contributed by atoms with van der Waals surface area (Å²) in [6, 6.07) is 0.0937. The molecule has 4 heteroatoms. The Bertz CT molecular complexity index is 274. The Morgan fingerprint density at radius 1 is 1.22 bits per heavy atom. The van der Waals surface area contributed by atoms with Crippen LogP contribution in [0.3, 0.4) is 0 Å². The van der Waals surface area contributed by atoms with Gasteiger partial charge < -0.3 is 15.1 Å². The normalized spacial score (nSPS) is 27.1. The lowest BCUT2D eigenvalue weighted by Crippen LogP contribution is -2.42. The molecule has 1 N–H and O–H groups in total. The van der Waals surface area contributed by atoms with E-state index < -0.39 is 0 Å². The van der Waals surface area contributed by atoms with E-state index in [0.717, 1.165) is 38.4 Å². The molecule has 1 amide bonds. The van der Waals surface area contributed by atoms with Crippen LogP contribution >= 0.6 is 0 Å². The molecule has 18 heavy (non-hydrogen) atoms. The van der Waals surface area contributed by atoms with E-state index in [1.165, 1.54) is 25.9 Å². The molecular weight excluding hydrogens is 226 g/mol. The summed E-state index contributed by atoms with van der Waals surface area (Å²) in [5, 5.41) is 3.36. The summed E-state index contributed by atoms with van der Waals surface area (Å²) in [5.41, 5.74) is 0. The van der Waals surface area contributed by atoms with Gasteiger partial charge in [0.15, 0.2) is 0 Å². The van der Waals surface area contributed by atoms with Crippen molar-refractivity contribution in [3.63, 3.8) is 0 Å². The van der Waals surface area contributed by atoms with Crippen molar-refractivity contribution in [1.82, 2.24) is 15.1 Å². The number of rotatable bonds is 5. The fourth-order valence-electron chi connectivity index (χ4n) is 2.98. The van der Waals surface area contributed by atoms with Crippen LogP contribution in [0.15, 0.2) is 0 Å². The molecule has 0 aromatic rings. The van der Waals surface area contributed by atoms with Gasteiger partial charge in [0, 0.05) is 13.1 Å². The highest BCUT2D eigenvalue weighted by Crippen LogP contribution is 2.20. The Morgan fingerprint density at radius 2 is 1.94 bits per heavy atom. The van der Waals surface area contributed by atoms with Crippen LogP contribution in [0.25, 0.3) is 0 Å². The number of carbonyl (C=O) groups excluding carboxylic acids is 1. The first-order chi connectivity index (χ1) is 8.70. The molecule has 2 heterocycles. The molecule has 104 valence electrons. The highest BCUT2D eigenvalue weighted by atomic mass is 16.2. The van der Waals surface area contributed by atoms with E-state index in [2.05, 4.69) is 29.1 Å². The van der Waals surface area contributed by atoms with Crippen LogP contribution in [0, 0.1) is 5.92 Å². The molecule has 2 aliphatic heterocycles. The number of hydrogen-bond donors (Lipinski definition) is 1. The van der Waals surface area contributed by atoms with E-state index in [9.17, 15) is 4.79 Å². The second kappa shape index (κ2) is 6.53. The minimum Gasteiger partial charge on any atom is -0.341 e. The van der Waals surface area contributed by atoms with Gasteiger partial charge in [-0.15, -0.1) is 0 Å². The van der Waals surface area contributed by atoms with Crippen LogP contribution < -0.4 is 5.32 Å². The minimum absolute atomic E-state index is 0.0937. The number of piperidine rings is 1. The standard InChI is InChI=1S/C14H27N3O/c1-3-7-15-13-6-10-17(14(13)18)11-12-4-8-16(2)9-5-12/h12-13,15H,3-11H2,1-2H3. The Labute approximate surface area is 111 Å². The molecule has 2 aliphatic rings. The first-order valence-corrected chi connectivity index (χ1v) is 7.41. The molecule has 0 aliphatic carbocycles. The summed E-state index contributed by atoms with van der Waals surface area (Å²) < 4.78 is 0. The van der Waals surface area contributed by atoms with Gasteiger partial charge >= 0.3 is 0 Å². The molecule has 4 nitrogen and oxygen atoms in total. The molecule has 0 spiro atoms. The van der Waals surface area contributed by atoms with Gasteiger partial charge in [-0.25, -0.2) is 0 Å². The summed E-state index contributed by atoms with van der Waals surface area (Å²) in [6.07, 6.45) is 4.57. The minimum atomic E-state index is 0.0937. The molecule has 0 aromatic carbocycles. The van der Waals surface area contributed by atoms with Crippen molar-refractivity contribution in [3.8, 4) is 0 Å². The molecule has 0 radical (unpaired) electrons. The summed E-state index contributed by atoms with van der Waals surface area (Å²) in [5.74, 6) is 1.05. The molecule has 1 unspecified atom stereocenters. The second-order valence-corrected chi connectivity index (χ2v) is 5.83. The molecule has 2 rings (SSSR count). The van der Waals surface area contributed by atoms with Crippen molar-refractivity contribution in [1.29, 1.82) is 0 Å². The predicted molar refractivity (Wildman–Crippen MR) is 73.5 cm³/mol. The Balaban J connectivity index is 1.75. The van der Waals surface area contributed by atoms with Gasteiger partial charge in [0.1, 0.15) is 0 Å². The van der Waals surface area contributed by atoms with Crippen molar-refractivity contribution < 1.29 is 4.79 Å². The third-order valence-corrected chi connectivity index (χ3v) is 4.25. The topological polar surface area (TPSA) is 35.6 Å². The lowest BCUT2D eigenvalue weighted by Gasteiger charge is -2.31. The summed E-state index contributed by atoms with van der Waals surface area (Å²) in [4.78, 5) is 16.7. The average Bonchev–Trinajstić information content (AvgIpc) is 2.71. The zero-order chi connectivity index (χ0) is 13.0. The first-order valence-electron chi connectivity index (χ1n) is 7.41. The van der Waals surface area contributed by atoms with Gasteiger partial charge in [-0.2, -0.15) is 0 Å². The van der Waals surface area contributed by atoms with Gasteiger partial charge in [-0.3, -0.25) is 4.79 Å². The molecular formula is C14H27N3O. The maximum absolute atomic E-state index is 12.2. The fraction of sp³-hybridized carbons (Fsp3) is 0.929. The highest BCUT2D eigenvalue weighted by molar-refractivity contribution is 5.83. The zero-order valence-electron chi connectivity index (χ0n) is 11.8. The molecule has 0 aromatic heterocycles. The third kappa shape index (κ3) is 3.45. The average molecular weight is 253 g/mol. The van der Waals surface area contributed by atoms with E-state index in [1.807, 2.05) is 0 Å². The third-order valence-electron chi connectivity index (χ3n) is 4.25. The number of carbonyl (C=O) groups is 1. The monoisotopic (exact) mass is 253 g/mol. The van der Waals surface area contributed by atoms with E-state index in [4.69, 9.17) is 0 Å². The van der Waals surface area contributed by atoms with Crippen LogP contribution in [0.2, 0.25) is 0 Å². The summed E-state index contributed by atoms with van der Waals surface area (Å²) in [7, 11) is 2.18. The van der Waals surface area contributed by atoms with Crippen molar-refractivity contribution in [2.75, 3.05) is 39.8 Å². The van der Waals surface area contributed by atoms with E-state index in [-0.39, 0.29) is 6.04 Å². The number of nitrogens with zero attached hydrogens (tertiary/aromatic N) is 2. The van der Waals surface area contributed by atoms with Crippen LogP contribution in [0.4, 0.5) is 0 Å².